The van der Waals surface area contributed by atoms with Crippen LogP contribution < -0.4 is 5.73 Å². The Balaban J connectivity index is 2.20. The first kappa shape index (κ1) is 15.5. The highest BCUT2D eigenvalue weighted by Crippen LogP contribution is 2.30. The van der Waals surface area contributed by atoms with Gasteiger partial charge in [-0.2, -0.15) is 5.10 Å². The second kappa shape index (κ2) is 6.72. The van der Waals surface area contributed by atoms with Crippen molar-refractivity contribution in [3.8, 4) is 0 Å². The van der Waals surface area contributed by atoms with Gasteiger partial charge in [-0.15, -0.1) is 0 Å². The van der Waals surface area contributed by atoms with E-state index in [1.165, 1.54) is 0 Å². The maximum Gasteiger partial charge on any atom is 0.0534 e. The van der Waals surface area contributed by atoms with Gasteiger partial charge in [0.2, 0.25) is 0 Å². The largest absolute Gasteiger partial charge is 0.329 e. The van der Waals surface area contributed by atoms with Gasteiger partial charge in [0.15, 0.2) is 0 Å². The molecule has 1 aromatic carbocycles. The maximum atomic E-state index is 6.09. The summed E-state index contributed by atoms with van der Waals surface area (Å²) in [5.41, 5.74) is 8.22. The number of likely N-dealkylation sites (N-methyl/N-ethyl adjacent to an activating group) is 1. The van der Waals surface area contributed by atoms with Crippen LogP contribution in [0.2, 0.25) is 5.02 Å². The van der Waals surface area contributed by atoms with Crippen molar-refractivity contribution in [1.82, 2.24) is 14.7 Å². The highest BCUT2D eigenvalue weighted by Gasteiger charge is 2.19. The number of aromatic nitrogens is 2. The number of hydrogen-bond acceptors (Lipinski definition) is 3. The van der Waals surface area contributed by atoms with E-state index in [1.54, 1.807) is 4.68 Å². The van der Waals surface area contributed by atoms with Gasteiger partial charge in [-0.1, -0.05) is 27.5 Å². The van der Waals surface area contributed by atoms with E-state index in [0.29, 0.717) is 6.54 Å². The Hall–Kier alpha value is -0.880. The molecule has 2 aromatic rings. The Kier molecular flexibility index (Phi) is 5.21. The van der Waals surface area contributed by atoms with Crippen LogP contribution in [0, 0.1) is 0 Å². The smallest absolute Gasteiger partial charge is 0.0534 e. The summed E-state index contributed by atoms with van der Waals surface area (Å²) in [7, 11) is 3.97. The molecule has 1 atom stereocenters. The molecule has 1 heterocycles. The van der Waals surface area contributed by atoms with Crippen molar-refractivity contribution in [2.24, 2.45) is 12.8 Å². The first-order valence-electron chi connectivity index (χ1n) is 6.34. The number of rotatable bonds is 5. The predicted octanol–water partition coefficient (Wildman–Crippen LogP) is 2.97. The molecule has 0 amide bonds. The normalized spacial score (nSPS) is 12.9. The number of hydrogen-bond donors (Lipinski definition) is 1. The molecule has 0 bridgehead atoms. The number of halogens is 2. The number of nitrogens with two attached hydrogens (primary N) is 1. The van der Waals surface area contributed by atoms with Crippen LogP contribution in [-0.2, 0) is 13.6 Å². The van der Waals surface area contributed by atoms with Crippen molar-refractivity contribution >= 4 is 27.5 Å². The molecule has 0 spiro atoms. The minimum atomic E-state index is 0.100. The van der Waals surface area contributed by atoms with Crippen molar-refractivity contribution in [3.63, 3.8) is 0 Å². The molecule has 0 aliphatic rings. The van der Waals surface area contributed by atoms with Crippen LogP contribution in [0.25, 0.3) is 0 Å². The Morgan fingerprint density at radius 2 is 2.25 bits per heavy atom. The third kappa shape index (κ3) is 3.61. The number of nitrogens with zero attached hydrogens (tertiary/aromatic N) is 3. The summed E-state index contributed by atoms with van der Waals surface area (Å²) in [6.45, 7) is 1.31. The molecule has 0 radical (unpaired) electrons. The molecule has 1 aromatic heterocycles. The third-order valence-corrected chi connectivity index (χ3v) is 4.22. The fraction of sp³-hybridized carbons (Fsp3) is 0.357. The lowest BCUT2D eigenvalue weighted by atomic mass is 10.1. The van der Waals surface area contributed by atoms with Crippen LogP contribution in [0.5, 0.6) is 0 Å². The quantitative estimate of drug-likeness (QED) is 0.895. The van der Waals surface area contributed by atoms with Gasteiger partial charge in [-0.25, -0.2) is 0 Å². The number of aryl methyl sites for hydroxylation is 1. The van der Waals surface area contributed by atoms with Crippen molar-refractivity contribution in [3.05, 3.63) is 51.2 Å². The zero-order valence-electron chi connectivity index (χ0n) is 11.6. The lowest BCUT2D eigenvalue weighted by molar-refractivity contribution is 0.241. The number of benzene rings is 1. The molecule has 0 fully saturated rings. The Bertz CT molecular complexity index is 584. The average Bonchev–Trinajstić information content (AvgIpc) is 2.80. The molecule has 4 nitrogen and oxygen atoms in total. The molecule has 1 unspecified atom stereocenters. The van der Waals surface area contributed by atoms with Crippen LogP contribution in [0.3, 0.4) is 0 Å². The summed E-state index contributed by atoms with van der Waals surface area (Å²) >= 11 is 9.66. The molecule has 2 rings (SSSR count). The summed E-state index contributed by atoms with van der Waals surface area (Å²) in [5.74, 6) is 0. The first-order chi connectivity index (χ1) is 9.51. The van der Waals surface area contributed by atoms with Crippen molar-refractivity contribution in [1.29, 1.82) is 0 Å². The zero-order valence-corrected chi connectivity index (χ0v) is 13.9. The molecule has 6 heteroatoms. The molecular weight excluding hydrogens is 340 g/mol. The van der Waals surface area contributed by atoms with E-state index in [4.69, 9.17) is 17.3 Å². The van der Waals surface area contributed by atoms with Crippen molar-refractivity contribution in [2.45, 2.75) is 12.6 Å². The van der Waals surface area contributed by atoms with Crippen LogP contribution in [0.1, 0.15) is 17.2 Å². The highest BCUT2D eigenvalue weighted by atomic mass is 79.9. The van der Waals surface area contributed by atoms with E-state index in [9.17, 15) is 0 Å². The SMILES string of the molecule is CN(Cc1cnn(C)c1)C(CN)c1cc(Cl)ccc1Br. The summed E-state index contributed by atoms with van der Waals surface area (Å²) in [6.07, 6.45) is 3.88. The monoisotopic (exact) mass is 356 g/mol. The molecule has 0 saturated carbocycles. The van der Waals surface area contributed by atoms with Crippen molar-refractivity contribution < 1.29 is 0 Å². The van der Waals surface area contributed by atoms with E-state index in [0.717, 1.165) is 27.2 Å². The minimum Gasteiger partial charge on any atom is -0.329 e. The average molecular weight is 358 g/mol. The van der Waals surface area contributed by atoms with Gasteiger partial charge in [0, 0.05) is 47.4 Å². The summed E-state index contributed by atoms with van der Waals surface area (Å²) in [4.78, 5) is 2.20. The zero-order chi connectivity index (χ0) is 14.7. The summed E-state index contributed by atoms with van der Waals surface area (Å²) in [6, 6.07) is 5.88. The third-order valence-electron chi connectivity index (χ3n) is 3.26. The lowest BCUT2D eigenvalue weighted by Crippen LogP contribution is -2.30. The van der Waals surface area contributed by atoms with Crippen molar-refractivity contribution in [2.75, 3.05) is 13.6 Å². The van der Waals surface area contributed by atoms with Gasteiger partial charge in [0.25, 0.3) is 0 Å². The van der Waals surface area contributed by atoms with Gasteiger partial charge in [-0.05, 0) is 30.8 Å². The minimum absolute atomic E-state index is 0.100. The Morgan fingerprint density at radius 1 is 1.50 bits per heavy atom. The summed E-state index contributed by atoms with van der Waals surface area (Å²) < 4.78 is 2.83. The molecule has 20 heavy (non-hydrogen) atoms. The van der Waals surface area contributed by atoms with E-state index in [2.05, 4.69) is 33.0 Å². The van der Waals surface area contributed by atoms with E-state index in [-0.39, 0.29) is 6.04 Å². The second-order valence-corrected chi connectivity index (χ2v) is 6.15. The standard InChI is InChI=1S/C14H18BrClN4/c1-19(8-10-7-18-20(2)9-10)14(6-17)12-5-11(16)3-4-13(12)15/h3-5,7,9,14H,6,8,17H2,1-2H3. The van der Waals surface area contributed by atoms with E-state index < -0.39 is 0 Å². The second-order valence-electron chi connectivity index (χ2n) is 4.85. The van der Waals surface area contributed by atoms with Gasteiger partial charge < -0.3 is 5.73 Å². The topological polar surface area (TPSA) is 47.1 Å². The highest BCUT2D eigenvalue weighted by molar-refractivity contribution is 9.10. The predicted molar refractivity (Wildman–Crippen MR) is 85.6 cm³/mol. The molecule has 0 aliphatic heterocycles. The van der Waals surface area contributed by atoms with Crippen LogP contribution in [0.4, 0.5) is 0 Å². The van der Waals surface area contributed by atoms with E-state index in [1.807, 2.05) is 37.6 Å². The van der Waals surface area contributed by atoms with Gasteiger partial charge >= 0.3 is 0 Å². The Labute approximate surface area is 132 Å². The van der Waals surface area contributed by atoms with Gasteiger partial charge in [0.05, 0.1) is 6.20 Å². The van der Waals surface area contributed by atoms with E-state index >= 15 is 0 Å². The molecule has 0 saturated heterocycles. The Morgan fingerprint density at radius 3 is 2.85 bits per heavy atom. The van der Waals surface area contributed by atoms with Crippen LogP contribution >= 0.6 is 27.5 Å². The van der Waals surface area contributed by atoms with Gasteiger partial charge in [-0.3, -0.25) is 9.58 Å². The fourth-order valence-electron chi connectivity index (χ4n) is 2.27. The molecule has 2 N–H and O–H groups in total. The molecule has 0 aliphatic carbocycles. The fourth-order valence-corrected chi connectivity index (χ4v) is 2.96. The molecular formula is C14H18BrClN4. The summed E-state index contributed by atoms with van der Waals surface area (Å²) in [5, 5.41) is 4.91. The molecule has 108 valence electrons. The van der Waals surface area contributed by atoms with Crippen LogP contribution in [0.15, 0.2) is 35.1 Å². The first-order valence-corrected chi connectivity index (χ1v) is 7.51. The lowest BCUT2D eigenvalue weighted by Gasteiger charge is -2.28. The van der Waals surface area contributed by atoms with Gasteiger partial charge in [0.1, 0.15) is 0 Å². The van der Waals surface area contributed by atoms with Crippen LogP contribution in [-0.4, -0.2) is 28.3 Å². The maximum absolute atomic E-state index is 6.09.